The van der Waals surface area contributed by atoms with E-state index >= 15 is 0 Å². The normalized spacial score (nSPS) is 23.5. The largest absolute Gasteiger partial charge is 0.481 e. The highest BCUT2D eigenvalue weighted by molar-refractivity contribution is 5.34. The van der Waals surface area contributed by atoms with E-state index in [1.54, 1.807) is 7.11 Å². The monoisotopic (exact) mass is 235 g/mol. The number of hydrogen-bond acceptors (Lipinski definition) is 5. The molecule has 0 aliphatic carbocycles. The zero-order valence-corrected chi connectivity index (χ0v) is 10.0. The van der Waals surface area contributed by atoms with Crippen molar-refractivity contribution in [1.29, 1.82) is 0 Å². The van der Waals surface area contributed by atoms with E-state index in [-0.39, 0.29) is 0 Å². The SMILES string of the molecule is COc1nc(C2CCCOC2)nc2c1CNC2. The van der Waals surface area contributed by atoms with Gasteiger partial charge in [-0.2, -0.15) is 4.98 Å². The fourth-order valence-electron chi connectivity index (χ4n) is 2.45. The van der Waals surface area contributed by atoms with Crippen LogP contribution in [0.5, 0.6) is 5.88 Å². The molecule has 92 valence electrons. The van der Waals surface area contributed by atoms with Crippen LogP contribution in [0.15, 0.2) is 0 Å². The van der Waals surface area contributed by atoms with Gasteiger partial charge in [0, 0.05) is 25.6 Å². The van der Waals surface area contributed by atoms with Crippen LogP contribution in [0.1, 0.15) is 35.8 Å². The highest BCUT2D eigenvalue weighted by atomic mass is 16.5. The van der Waals surface area contributed by atoms with Crippen LogP contribution in [0.3, 0.4) is 0 Å². The Balaban J connectivity index is 1.94. The number of rotatable bonds is 2. The number of methoxy groups -OCH3 is 1. The Labute approximate surface area is 101 Å². The number of ether oxygens (including phenoxy) is 2. The molecule has 3 rings (SSSR count). The minimum Gasteiger partial charge on any atom is -0.481 e. The molecule has 5 heteroatoms. The molecule has 1 unspecified atom stereocenters. The lowest BCUT2D eigenvalue weighted by Gasteiger charge is -2.21. The van der Waals surface area contributed by atoms with Gasteiger partial charge in [0.25, 0.3) is 0 Å². The lowest BCUT2D eigenvalue weighted by Crippen LogP contribution is -2.19. The molecule has 1 atom stereocenters. The van der Waals surface area contributed by atoms with Crippen LogP contribution in [0.2, 0.25) is 0 Å². The molecule has 1 aromatic rings. The summed E-state index contributed by atoms with van der Waals surface area (Å²) in [6.07, 6.45) is 2.20. The van der Waals surface area contributed by atoms with Crippen LogP contribution >= 0.6 is 0 Å². The highest BCUT2D eigenvalue weighted by Gasteiger charge is 2.24. The number of hydrogen-bond donors (Lipinski definition) is 1. The third-order valence-electron chi connectivity index (χ3n) is 3.39. The second-order valence-corrected chi connectivity index (χ2v) is 4.53. The van der Waals surface area contributed by atoms with Crippen LogP contribution in [-0.2, 0) is 17.8 Å². The molecule has 17 heavy (non-hydrogen) atoms. The summed E-state index contributed by atoms with van der Waals surface area (Å²) in [4.78, 5) is 9.19. The zero-order valence-electron chi connectivity index (χ0n) is 10.0. The van der Waals surface area contributed by atoms with E-state index < -0.39 is 0 Å². The summed E-state index contributed by atoms with van der Waals surface area (Å²) in [7, 11) is 1.67. The van der Waals surface area contributed by atoms with Crippen LogP contribution in [0.25, 0.3) is 0 Å². The first-order valence-corrected chi connectivity index (χ1v) is 6.10. The van der Waals surface area contributed by atoms with E-state index in [1.807, 2.05) is 0 Å². The molecule has 1 saturated heterocycles. The van der Waals surface area contributed by atoms with Crippen molar-refractivity contribution >= 4 is 0 Å². The topological polar surface area (TPSA) is 56.3 Å². The van der Waals surface area contributed by atoms with Crippen molar-refractivity contribution in [2.45, 2.75) is 31.8 Å². The fraction of sp³-hybridized carbons (Fsp3) is 0.667. The molecule has 0 saturated carbocycles. The molecule has 3 heterocycles. The van der Waals surface area contributed by atoms with Crippen molar-refractivity contribution in [2.75, 3.05) is 20.3 Å². The Bertz CT molecular complexity index is 416. The maximum atomic E-state index is 5.49. The summed E-state index contributed by atoms with van der Waals surface area (Å²) in [6.45, 7) is 3.21. The number of aromatic nitrogens is 2. The molecule has 5 nitrogen and oxygen atoms in total. The first-order chi connectivity index (χ1) is 8.38. The van der Waals surface area contributed by atoms with Gasteiger partial charge < -0.3 is 14.8 Å². The van der Waals surface area contributed by atoms with Gasteiger partial charge in [-0.3, -0.25) is 0 Å². The average Bonchev–Trinajstić information content (AvgIpc) is 2.86. The maximum absolute atomic E-state index is 5.49. The third-order valence-corrected chi connectivity index (χ3v) is 3.39. The van der Waals surface area contributed by atoms with Crippen molar-refractivity contribution in [2.24, 2.45) is 0 Å². The molecular weight excluding hydrogens is 218 g/mol. The van der Waals surface area contributed by atoms with E-state index in [9.17, 15) is 0 Å². The highest BCUT2D eigenvalue weighted by Crippen LogP contribution is 2.28. The van der Waals surface area contributed by atoms with Crippen LogP contribution < -0.4 is 10.1 Å². The summed E-state index contributed by atoms with van der Waals surface area (Å²) in [5, 5.41) is 3.28. The van der Waals surface area contributed by atoms with Crippen LogP contribution in [0, 0.1) is 0 Å². The molecule has 2 aliphatic rings. The number of nitrogens with zero attached hydrogens (tertiary/aromatic N) is 2. The van der Waals surface area contributed by atoms with Gasteiger partial charge in [-0.1, -0.05) is 0 Å². The molecular formula is C12H17N3O2. The molecule has 1 N–H and O–H groups in total. The van der Waals surface area contributed by atoms with Crippen molar-refractivity contribution in [3.05, 3.63) is 17.1 Å². The Morgan fingerprint density at radius 1 is 1.35 bits per heavy atom. The Morgan fingerprint density at radius 3 is 3.06 bits per heavy atom. The summed E-state index contributed by atoms with van der Waals surface area (Å²) >= 11 is 0. The third kappa shape index (κ3) is 2.00. The first-order valence-electron chi connectivity index (χ1n) is 6.10. The number of fused-ring (bicyclic) bond motifs is 1. The van der Waals surface area contributed by atoms with E-state index in [4.69, 9.17) is 9.47 Å². The van der Waals surface area contributed by atoms with Gasteiger partial charge in [-0.15, -0.1) is 0 Å². The smallest absolute Gasteiger partial charge is 0.221 e. The molecule has 1 fully saturated rings. The van der Waals surface area contributed by atoms with Gasteiger partial charge in [0.05, 0.1) is 25.0 Å². The molecule has 0 amide bonds. The molecule has 1 aromatic heterocycles. The summed E-state index contributed by atoms with van der Waals surface area (Å²) in [6, 6.07) is 0. The molecule has 0 spiro atoms. The van der Waals surface area contributed by atoms with Crippen molar-refractivity contribution in [3.8, 4) is 5.88 Å². The molecule has 0 bridgehead atoms. The average molecular weight is 235 g/mol. The standard InChI is InChI=1S/C12H17N3O2/c1-16-12-9-5-13-6-10(9)14-11(15-12)8-3-2-4-17-7-8/h8,13H,2-7H2,1H3. The summed E-state index contributed by atoms with van der Waals surface area (Å²) < 4.78 is 10.8. The van der Waals surface area contributed by atoms with Gasteiger partial charge >= 0.3 is 0 Å². The van der Waals surface area contributed by atoms with Gasteiger partial charge in [-0.05, 0) is 12.8 Å². The van der Waals surface area contributed by atoms with E-state index in [1.165, 1.54) is 0 Å². The van der Waals surface area contributed by atoms with E-state index in [2.05, 4.69) is 15.3 Å². The Kier molecular flexibility index (Phi) is 2.94. The van der Waals surface area contributed by atoms with Crippen molar-refractivity contribution in [3.63, 3.8) is 0 Å². The molecule has 0 radical (unpaired) electrons. The van der Waals surface area contributed by atoms with Crippen LogP contribution in [-0.4, -0.2) is 30.3 Å². The fourth-order valence-corrected chi connectivity index (χ4v) is 2.45. The second-order valence-electron chi connectivity index (χ2n) is 4.53. The van der Waals surface area contributed by atoms with Gasteiger partial charge in [0.15, 0.2) is 0 Å². The molecule has 2 aliphatic heterocycles. The number of nitrogens with one attached hydrogen (secondary N) is 1. The Morgan fingerprint density at radius 2 is 2.29 bits per heavy atom. The zero-order chi connectivity index (χ0) is 11.7. The van der Waals surface area contributed by atoms with Crippen LogP contribution in [0.4, 0.5) is 0 Å². The second kappa shape index (κ2) is 4.58. The minimum atomic E-state index is 0.323. The van der Waals surface area contributed by atoms with E-state index in [0.29, 0.717) is 5.92 Å². The maximum Gasteiger partial charge on any atom is 0.221 e. The Hall–Kier alpha value is -1.20. The molecule has 0 aromatic carbocycles. The predicted octanol–water partition coefficient (Wildman–Crippen LogP) is 0.982. The van der Waals surface area contributed by atoms with Crippen molar-refractivity contribution in [1.82, 2.24) is 15.3 Å². The lowest BCUT2D eigenvalue weighted by molar-refractivity contribution is 0.0778. The lowest BCUT2D eigenvalue weighted by atomic mass is 10.0. The quantitative estimate of drug-likeness (QED) is 0.828. The minimum absolute atomic E-state index is 0.323. The van der Waals surface area contributed by atoms with Gasteiger partial charge in [-0.25, -0.2) is 4.98 Å². The summed E-state index contributed by atoms with van der Waals surface area (Å²) in [5.41, 5.74) is 2.19. The van der Waals surface area contributed by atoms with Crippen molar-refractivity contribution < 1.29 is 9.47 Å². The summed E-state index contributed by atoms with van der Waals surface area (Å²) in [5.74, 6) is 1.92. The first kappa shape index (κ1) is 10.9. The predicted molar refractivity (Wildman–Crippen MR) is 61.9 cm³/mol. The van der Waals surface area contributed by atoms with Gasteiger partial charge in [0.1, 0.15) is 5.82 Å². The van der Waals surface area contributed by atoms with E-state index in [0.717, 1.165) is 62.1 Å². The van der Waals surface area contributed by atoms with Gasteiger partial charge in [0.2, 0.25) is 5.88 Å².